The van der Waals surface area contributed by atoms with Crippen LogP contribution in [0.15, 0.2) is 79.0 Å². The molecular formula is C28H19ClF3N3O3. The number of fused-ring (bicyclic) bond motifs is 5. The van der Waals surface area contributed by atoms with Crippen LogP contribution >= 0.6 is 11.6 Å². The minimum Gasteiger partial charge on any atom is -0.357 e. The number of amides is 3. The number of hydrogen-bond acceptors (Lipinski definition) is 4. The fourth-order valence-electron chi connectivity index (χ4n) is 5.72. The second-order valence-electron chi connectivity index (χ2n) is 9.39. The van der Waals surface area contributed by atoms with Crippen molar-refractivity contribution in [3.05, 3.63) is 101 Å². The zero-order valence-electron chi connectivity index (χ0n) is 19.5. The van der Waals surface area contributed by atoms with Gasteiger partial charge in [0.05, 0.1) is 29.1 Å². The van der Waals surface area contributed by atoms with Crippen molar-refractivity contribution in [2.75, 3.05) is 10.2 Å². The van der Waals surface area contributed by atoms with Gasteiger partial charge in [0.15, 0.2) is 0 Å². The molecule has 0 saturated carbocycles. The predicted octanol–water partition coefficient (Wildman–Crippen LogP) is 5.51. The van der Waals surface area contributed by atoms with E-state index in [2.05, 4.69) is 5.32 Å². The highest BCUT2D eigenvalue weighted by Crippen LogP contribution is 2.53. The molecule has 3 aliphatic rings. The number of imide groups is 1. The van der Waals surface area contributed by atoms with Gasteiger partial charge >= 0.3 is 6.18 Å². The third kappa shape index (κ3) is 3.77. The molecule has 2 fully saturated rings. The summed E-state index contributed by atoms with van der Waals surface area (Å²) in [5.41, 5.74) is 0.963. The first-order chi connectivity index (χ1) is 18.1. The number of rotatable bonds is 3. The smallest absolute Gasteiger partial charge is 0.357 e. The normalized spacial score (nSPS) is 23.8. The molecule has 1 N–H and O–H groups in total. The number of benzene rings is 3. The van der Waals surface area contributed by atoms with Gasteiger partial charge in [0.2, 0.25) is 17.7 Å². The molecule has 0 aliphatic carbocycles. The number of alkyl halides is 3. The van der Waals surface area contributed by atoms with E-state index in [9.17, 15) is 27.6 Å². The first kappa shape index (κ1) is 24.2. The molecule has 6 nitrogen and oxygen atoms in total. The Kier molecular flexibility index (Phi) is 5.57. The number of nitrogens with one attached hydrogen (secondary N) is 1. The molecule has 4 atom stereocenters. The fraction of sp³-hybridized carbons (Fsp3) is 0.179. The number of carbonyl (C=O) groups is 3. The average Bonchev–Trinajstić information content (AvgIpc) is 3.36. The molecule has 0 spiro atoms. The second kappa shape index (κ2) is 8.73. The monoisotopic (exact) mass is 537 g/mol. The van der Waals surface area contributed by atoms with Crippen LogP contribution in [-0.2, 0) is 20.6 Å². The summed E-state index contributed by atoms with van der Waals surface area (Å²) in [5, 5.41) is 2.89. The second-order valence-corrected chi connectivity index (χ2v) is 9.83. The minimum atomic E-state index is -4.59. The lowest BCUT2D eigenvalue weighted by atomic mass is 9.84. The third-order valence-corrected chi connectivity index (χ3v) is 7.49. The van der Waals surface area contributed by atoms with Crippen molar-refractivity contribution in [1.82, 2.24) is 4.90 Å². The molecule has 0 bridgehead atoms. The first-order valence-corrected chi connectivity index (χ1v) is 12.2. The van der Waals surface area contributed by atoms with Gasteiger partial charge in [-0.1, -0.05) is 48.0 Å². The molecule has 3 amide bonds. The van der Waals surface area contributed by atoms with Gasteiger partial charge in [-0.15, -0.1) is 0 Å². The highest BCUT2D eigenvalue weighted by Gasteiger charge is 2.64. The van der Waals surface area contributed by atoms with Crippen molar-refractivity contribution >= 4 is 46.8 Å². The molecule has 3 heterocycles. The van der Waals surface area contributed by atoms with Crippen LogP contribution < -0.4 is 10.2 Å². The minimum absolute atomic E-state index is 0.0605. The van der Waals surface area contributed by atoms with Crippen LogP contribution in [0.1, 0.15) is 22.7 Å². The van der Waals surface area contributed by atoms with Gasteiger partial charge < -0.3 is 10.2 Å². The van der Waals surface area contributed by atoms with E-state index in [1.54, 1.807) is 35.4 Å². The van der Waals surface area contributed by atoms with E-state index < -0.39 is 53.4 Å². The molecule has 0 aromatic heterocycles. The Balaban J connectivity index is 1.42. The van der Waals surface area contributed by atoms with Crippen molar-refractivity contribution in [2.24, 2.45) is 11.8 Å². The van der Waals surface area contributed by atoms with E-state index >= 15 is 0 Å². The maximum Gasteiger partial charge on any atom is 0.416 e. The summed E-state index contributed by atoms with van der Waals surface area (Å²) in [5.74, 6) is -3.65. The summed E-state index contributed by atoms with van der Waals surface area (Å²) >= 11 is 6.12. The zero-order valence-corrected chi connectivity index (χ0v) is 20.3. The standard InChI is InChI=1S/C28H19ClF3N3O3/c29-17-7-4-9-19(14-17)35-26(37)21-22(27(35)38)24(34-12-11-15-5-1-2-10-20(15)23(21)34)25(36)33-18-8-3-6-16(13-18)28(30,31)32/h1-14,21-24H,(H,33,36)/t21-,22+,23?,24-/m1/s1. The van der Waals surface area contributed by atoms with E-state index in [1.807, 2.05) is 24.3 Å². The van der Waals surface area contributed by atoms with Crippen molar-refractivity contribution in [3.8, 4) is 0 Å². The summed E-state index contributed by atoms with van der Waals surface area (Å²) in [4.78, 5) is 44.0. The van der Waals surface area contributed by atoms with Gasteiger partial charge in [-0.25, -0.2) is 4.90 Å². The van der Waals surface area contributed by atoms with E-state index in [0.717, 1.165) is 28.2 Å². The van der Waals surface area contributed by atoms with Crippen LogP contribution in [0, 0.1) is 11.8 Å². The van der Waals surface area contributed by atoms with E-state index in [4.69, 9.17) is 11.6 Å². The van der Waals surface area contributed by atoms with E-state index in [0.29, 0.717) is 10.7 Å². The molecule has 38 heavy (non-hydrogen) atoms. The average molecular weight is 538 g/mol. The SMILES string of the molecule is O=C(Nc1cccc(C(F)(F)F)c1)[C@H]1[C@H]2C(=O)N(c3cccc(Cl)c3)C(=O)[C@H]2C2c3ccccc3C=CN21. The number of halogens is 4. The Hall–Kier alpha value is -4.11. The lowest BCUT2D eigenvalue weighted by molar-refractivity contribution is -0.137. The molecule has 3 aromatic carbocycles. The highest BCUT2D eigenvalue weighted by atomic mass is 35.5. The van der Waals surface area contributed by atoms with Crippen LogP contribution in [0.3, 0.4) is 0 Å². The van der Waals surface area contributed by atoms with Crippen LogP contribution in [-0.4, -0.2) is 28.7 Å². The summed E-state index contributed by atoms with van der Waals surface area (Å²) in [6.07, 6.45) is -1.12. The quantitative estimate of drug-likeness (QED) is 0.447. The van der Waals surface area contributed by atoms with Crippen LogP contribution in [0.5, 0.6) is 0 Å². The van der Waals surface area contributed by atoms with Gasteiger partial charge in [-0.3, -0.25) is 14.4 Å². The maximum atomic E-state index is 13.8. The van der Waals surface area contributed by atoms with Crippen LogP contribution in [0.25, 0.3) is 6.08 Å². The van der Waals surface area contributed by atoms with Gasteiger partial charge in [0.25, 0.3) is 0 Å². The maximum absolute atomic E-state index is 13.8. The molecule has 3 aromatic rings. The Morgan fingerprint density at radius 3 is 2.39 bits per heavy atom. The Labute approximate surface area is 220 Å². The summed E-state index contributed by atoms with van der Waals surface area (Å²) in [7, 11) is 0. The number of nitrogens with zero attached hydrogens (tertiary/aromatic N) is 2. The van der Waals surface area contributed by atoms with Crippen molar-refractivity contribution < 1.29 is 27.6 Å². The lowest BCUT2D eigenvalue weighted by Crippen LogP contribution is -2.46. The van der Waals surface area contributed by atoms with Gasteiger partial charge in [-0.05, 0) is 53.6 Å². The predicted molar refractivity (Wildman–Crippen MR) is 135 cm³/mol. The number of hydrogen-bond donors (Lipinski definition) is 1. The summed E-state index contributed by atoms with van der Waals surface area (Å²) in [6.45, 7) is 0. The molecule has 6 rings (SSSR count). The largest absolute Gasteiger partial charge is 0.416 e. The Morgan fingerprint density at radius 1 is 0.895 bits per heavy atom. The Morgan fingerprint density at radius 2 is 1.63 bits per heavy atom. The molecule has 2 saturated heterocycles. The van der Waals surface area contributed by atoms with Crippen LogP contribution in [0.2, 0.25) is 5.02 Å². The van der Waals surface area contributed by atoms with E-state index in [-0.39, 0.29) is 5.69 Å². The topological polar surface area (TPSA) is 69.7 Å². The van der Waals surface area contributed by atoms with E-state index in [1.165, 1.54) is 18.2 Å². The van der Waals surface area contributed by atoms with Crippen molar-refractivity contribution in [3.63, 3.8) is 0 Å². The molecular weight excluding hydrogens is 519 g/mol. The Bertz CT molecular complexity index is 1520. The number of anilines is 2. The fourth-order valence-corrected chi connectivity index (χ4v) is 5.90. The van der Waals surface area contributed by atoms with Gasteiger partial charge in [0.1, 0.15) is 6.04 Å². The third-order valence-electron chi connectivity index (χ3n) is 7.25. The molecule has 1 unspecified atom stereocenters. The molecule has 0 radical (unpaired) electrons. The first-order valence-electron chi connectivity index (χ1n) is 11.8. The van der Waals surface area contributed by atoms with Crippen LogP contribution in [0.4, 0.5) is 24.5 Å². The molecule has 10 heteroatoms. The van der Waals surface area contributed by atoms with Crippen molar-refractivity contribution in [2.45, 2.75) is 18.3 Å². The molecule has 3 aliphatic heterocycles. The van der Waals surface area contributed by atoms with Crippen molar-refractivity contribution in [1.29, 1.82) is 0 Å². The summed E-state index contributed by atoms with van der Waals surface area (Å²) in [6, 6.07) is 16.3. The zero-order chi connectivity index (χ0) is 26.8. The molecule has 192 valence electrons. The van der Waals surface area contributed by atoms with Gasteiger partial charge in [-0.2, -0.15) is 13.2 Å². The highest BCUT2D eigenvalue weighted by molar-refractivity contribution is 6.31. The summed E-state index contributed by atoms with van der Waals surface area (Å²) < 4.78 is 39.7. The lowest BCUT2D eigenvalue weighted by Gasteiger charge is -2.35. The van der Waals surface area contributed by atoms with Gasteiger partial charge in [0, 0.05) is 16.9 Å². The number of carbonyl (C=O) groups excluding carboxylic acids is 3.